The Bertz CT molecular complexity index is 780. The highest BCUT2D eigenvalue weighted by atomic mass is 32.2. The van der Waals surface area contributed by atoms with Gasteiger partial charge in [0.05, 0.1) is 4.90 Å². The van der Waals surface area contributed by atoms with Crippen molar-refractivity contribution < 1.29 is 21.6 Å². The highest BCUT2D eigenvalue weighted by Gasteiger charge is 2.24. The smallest absolute Gasteiger partial charge is 0.225 e. The van der Waals surface area contributed by atoms with Gasteiger partial charge < -0.3 is 0 Å². The molecule has 118 valence electrons. The molecular weight excluding hydrogens is 335 g/mol. The zero-order chi connectivity index (χ0) is 16.3. The summed E-state index contributed by atoms with van der Waals surface area (Å²) in [5, 5.41) is 4.71. The number of sulfonamides is 1. The molecule has 0 spiro atoms. The van der Waals surface area contributed by atoms with E-state index < -0.39 is 37.3 Å². The third kappa shape index (κ3) is 3.82. The van der Waals surface area contributed by atoms with Gasteiger partial charge in [-0.1, -0.05) is 30.3 Å². The molecule has 0 aromatic heterocycles. The maximum Gasteiger partial charge on any atom is 0.241 e. The van der Waals surface area contributed by atoms with E-state index in [4.69, 9.17) is 5.14 Å². The van der Waals surface area contributed by atoms with Crippen LogP contribution in [0.2, 0.25) is 0 Å². The molecule has 0 saturated carbocycles. The SMILES string of the molecule is NS(=O)(=O)c1cc(F)c(SCCc2ccccc2)c(F)c1F. The van der Waals surface area contributed by atoms with Crippen LogP contribution in [0.5, 0.6) is 0 Å². The quantitative estimate of drug-likeness (QED) is 0.668. The van der Waals surface area contributed by atoms with Crippen molar-refractivity contribution in [3.05, 3.63) is 59.4 Å². The normalized spacial score (nSPS) is 11.6. The summed E-state index contributed by atoms with van der Waals surface area (Å²) in [6.07, 6.45) is 0.531. The van der Waals surface area contributed by atoms with Gasteiger partial charge in [-0.25, -0.2) is 26.7 Å². The molecule has 0 bridgehead atoms. The van der Waals surface area contributed by atoms with E-state index >= 15 is 0 Å². The first kappa shape index (κ1) is 16.9. The lowest BCUT2D eigenvalue weighted by molar-refractivity contribution is 0.446. The second-order valence-electron chi connectivity index (χ2n) is 4.44. The number of hydrogen-bond donors (Lipinski definition) is 1. The summed E-state index contributed by atoms with van der Waals surface area (Å²) in [5.74, 6) is -4.04. The van der Waals surface area contributed by atoms with E-state index in [0.717, 1.165) is 17.3 Å². The third-order valence-electron chi connectivity index (χ3n) is 2.87. The van der Waals surface area contributed by atoms with Crippen LogP contribution in [0, 0.1) is 17.5 Å². The maximum absolute atomic E-state index is 13.8. The molecule has 0 saturated heterocycles. The first-order valence-corrected chi connectivity index (χ1v) is 8.71. The monoisotopic (exact) mass is 347 g/mol. The minimum atomic E-state index is -4.52. The number of primary sulfonamides is 1. The molecule has 2 aromatic rings. The summed E-state index contributed by atoms with van der Waals surface area (Å²) < 4.78 is 63.4. The van der Waals surface area contributed by atoms with Crippen molar-refractivity contribution in [2.75, 3.05) is 5.75 Å². The molecule has 2 aromatic carbocycles. The van der Waals surface area contributed by atoms with Crippen LogP contribution in [-0.2, 0) is 16.4 Å². The van der Waals surface area contributed by atoms with Crippen LogP contribution in [0.3, 0.4) is 0 Å². The Morgan fingerprint density at radius 3 is 2.27 bits per heavy atom. The first-order chi connectivity index (χ1) is 10.3. The summed E-state index contributed by atoms with van der Waals surface area (Å²) in [7, 11) is -4.52. The fraction of sp³-hybridized carbons (Fsp3) is 0.143. The van der Waals surface area contributed by atoms with Crippen LogP contribution < -0.4 is 5.14 Å². The zero-order valence-electron chi connectivity index (χ0n) is 11.2. The van der Waals surface area contributed by atoms with E-state index in [9.17, 15) is 21.6 Å². The second-order valence-corrected chi connectivity index (χ2v) is 7.08. The van der Waals surface area contributed by atoms with E-state index in [1.165, 1.54) is 0 Å². The lowest BCUT2D eigenvalue weighted by Crippen LogP contribution is -2.16. The number of aryl methyl sites for hydroxylation is 1. The van der Waals surface area contributed by atoms with Gasteiger partial charge in [0.2, 0.25) is 10.0 Å². The Hall–Kier alpha value is -1.51. The second kappa shape index (κ2) is 6.72. The summed E-state index contributed by atoms with van der Waals surface area (Å²) in [5.41, 5.74) is 0.970. The predicted molar refractivity (Wildman–Crippen MR) is 78.6 cm³/mol. The Labute approximate surface area is 130 Å². The third-order valence-corrected chi connectivity index (χ3v) is 4.85. The largest absolute Gasteiger partial charge is 0.241 e. The van der Waals surface area contributed by atoms with Gasteiger partial charge in [-0.3, -0.25) is 0 Å². The Balaban J connectivity index is 2.20. The molecule has 0 aliphatic heterocycles. The van der Waals surface area contributed by atoms with Crippen LogP contribution in [0.25, 0.3) is 0 Å². The summed E-state index contributed by atoms with van der Waals surface area (Å²) in [6, 6.07) is 9.63. The van der Waals surface area contributed by atoms with Crippen molar-refractivity contribution in [1.29, 1.82) is 0 Å². The Kier molecular flexibility index (Phi) is 5.15. The molecular formula is C14H12F3NO2S2. The molecule has 0 aliphatic rings. The average molecular weight is 347 g/mol. The molecule has 0 atom stereocenters. The number of rotatable bonds is 5. The van der Waals surface area contributed by atoms with E-state index in [2.05, 4.69) is 0 Å². The summed E-state index contributed by atoms with van der Waals surface area (Å²) >= 11 is 0.776. The van der Waals surface area contributed by atoms with Crippen molar-refractivity contribution >= 4 is 21.8 Å². The number of hydrogen-bond acceptors (Lipinski definition) is 3. The standard InChI is InChI=1S/C14H12F3NO2S2/c15-10-8-11(22(18,19)20)12(16)13(17)14(10)21-7-6-9-4-2-1-3-5-9/h1-5,8H,6-7H2,(H2,18,19,20). The van der Waals surface area contributed by atoms with E-state index in [0.29, 0.717) is 18.2 Å². The van der Waals surface area contributed by atoms with Gasteiger partial charge in [0, 0.05) is 5.75 Å². The zero-order valence-corrected chi connectivity index (χ0v) is 12.9. The van der Waals surface area contributed by atoms with Gasteiger partial charge in [0.25, 0.3) is 0 Å². The fourth-order valence-corrected chi connectivity index (χ4v) is 3.37. The van der Waals surface area contributed by atoms with Crippen LogP contribution in [0.4, 0.5) is 13.2 Å². The minimum Gasteiger partial charge on any atom is -0.225 e. The first-order valence-electron chi connectivity index (χ1n) is 6.17. The molecule has 22 heavy (non-hydrogen) atoms. The highest BCUT2D eigenvalue weighted by Crippen LogP contribution is 2.30. The highest BCUT2D eigenvalue weighted by molar-refractivity contribution is 7.99. The summed E-state index contributed by atoms with van der Waals surface area (Å²) in [4.78, 5) is -1.74. The van der Waals surface area contributed by atoms with Gasteiger partial charge in [-0.2, -0.15) is 0 Å². The molecule has 3 nitrogen and oxygen atoms in total. The Morgan fingerprint density at radius 1 is 1.05 bits per heavy atom. The predicted octanol–water partition coefficient (Wildman–Crippen LogP) is 3.09. The van der Waals surface area contributed by atoms with Crippen molar-refractivity contribution in [3.63, 3.8) is 0 Å². The van der Waals surface area contributed by atoms with Crippen molar-refractivity contribution in [1.82, 2.24) is 0 Å². The molecule has 2 rings (SSSR count). The molecule has 0 heterocycles. The number of halogens is 3. The van der Waals surface area contributed by atoms with Gasteiger partial charge in [-0.15, -0.1) is 11.8 Å². The van der Waals surface area contributed by atoms with Crippen molar-refractivity contribution in [3.8, 4) is 0 Å². The van der Waals surface area contributed by atoms with Crippen molar-refractivity contribution in [2.45, 2.75) is 16.2 Å². The van der Waals surface area contributed by atoms with Crippen molar-refractivity contribution in [2.24, 2.45) is 5.14 Å². The topological polar surface area (TPSA) is 60.2 Å². The van der Waals surface area contributed by atoms with E-state index in [1.54, 1.807) is 0 Å². The summed E-state index contributed by atoms with van der Waals surface area (Å²) in [6.45, 7) is 0. The molecule has 0 radical (unpaired) electrons. The molecule has 2 N–H and O–H groups in total. The van der Waals surface area contributed by atoms with Crippen LogP contribution in [0.1, 0.15) is 5.56 Å². The maximum atomic E-state index is 13.8. The fourth-order valence-electron chi connectivity index (χ4n) is 1.81. The molecule has 0 aliphatic carbocycles. The number of nitrogens with two attached hydrogens (primary N) is 1. The lowest BCUT2D eigenvalue weighted by atomic mass is 10.2. The molecule has 0 amide bonds. The molecule has 0 fully saturated rings. The van der Waals surface area contributed by atoms with Crippen LogP contribution >= 0.6 is 11.8 Å². The average Bonchev–Trinajstić information content (AvgIpc) is 2.46. The van der Waals surface area contributed by atoms with Gasteiger partial charge in [0.15, 0.2) is 11.6 Å². The Morgan fingerprint density at radius 2 is 1.68 bits per heavy atom. The molecule has 0 unspecified atom stereocenters. The van der Waals surface area contributed by atoms with Gasteiger partial charge >= 0.3 is 0 Å². The lowest BCUT2D eigenvalue weighted by Gasteiger charge is -2.08. The van der Waals surface area contributed by atoms with Gasteiger partial charge in [-0.05, 0) is 18.1 Å². The number of thioether (sulfide) groups is 1. The van der Waals surface area contributed by atoms with Gasteiger partial charge in [0.1, 0.15) is 10.7 Å². The van der Waals surface area contributed by atoms with Crippen LogP contribution in [0.15, 0.2) is 46.2 Å². The minimum absolute atomic E-state index is 0.312. The number of benzene rings is 2. The van der Waals surface area contributed by atoms with E-state index in [-0.39, 0.29) is 0 Å². The molecule has 8 heteroatoms. The van der Waals surface area contributed by atoms with Crippen LogP contribution in [-0.4, -0.2) is 14.2 Å². The van der Waals surface area contributed by atoms with E-state index in [1.807, 2.05) is 30.3 Å².